The Labute approximate surface area is 210 Å². The topological polar surface area (TPSA) is 118 Å². The highest BCUT2D eigenvalue weighted by Gasteiger charge is 2.21. The molecular formula is C28H32N4O4. The zero-order valence-electron chi connectivity index (χ0n) is 20.5. The monoisotopic (exact) mass is 488 g/mol. The van der Waals surface area contributed by atoms with E-state index in [1.807, 2.05) is 60.7 Å². The maximum atomic E-state index is 13.2. The molecule has 4 N–H and O–H groups in total. The Morgan fingerprint density at radius 3 is 2.44 bits per heavy atom. The standard InChI is InChI=1S/C28H32N4O4/c1-2-35-27(34)17-26(33)32(23-7-9-24(10-8-23)36-25-11-13-31-14-12-25)18-19-3-4-20-5-6-21(28(29)30)16-22(20)15-19/h3-10,15-16,25,31H,2,11-14,17-18H2,1H3,(H3,29,30). The number of nitrogen functional groups attached to an aromatic ring is 1. The summed E-state index contributed by atoms with van der Waals surface area (Å²) < 4.78 is 11.1. The van der Waals surface area contributed by atoms with Gasteiger partial charge in [0.15, 0.2) is 0 Å². The highest BCUT2D eigenvalue weighted by atomic mass is 16.5. The quantitative estimate of drug-likeness (QED) is 0.183. The van der Waals surface area contributed by atoms with Gasteiger partial charge in [0.25, 0.3) is 0 Å². The number of amides is 1. The van der Waals surface area contributed by atoms with Gasteiger partial charge in [0.1, 0.15) is 24.1 Å². The number of nitrogens with two attached hydrogens (primary N) is 1. The van der Waals surface area contributed by atoms with Gasteiger partial charge < -0.3 is 25.4 Å². The molecule has 1 amide bonds. The SMILES string of the molecule is CCOC(=O)CC(=O)N(Cc1ccc2ccc(C(=N)N)cc2c1)c1ccc(OC2CCNCC2)cc1. The molecule has 3 aromatic carbocycles. The van der Waals surface area contributed by atoms with Crippen molar-refractivity contribution >= 4 is 34.2 Å². The van der Waals surface area contributed by atoms with E-state index in [2.05, 4.69) is 5.32 Å². The Morgan fingerprint density at radius 2 is 1.75 bits per heavy atom. The number of fused-ring (bicyclic) bond motifs is 1. The Balaban J connectivity index is 1.58. The van der Waals surface area contributed by atoms with Gasteiger partial charge in [0.2, 0.25) is 5.91 Å². The number of piperidine rings is 1. The van der Waals surface area contributed by atoms with Crippen LogP contribution in [0.2, 0.25) is 0 Å². The van der Waals surface area contributed by atoms with Gasteiger partial charge in [-0.2, -0.15) is 0 Å². The fraction of sp³-hybridized carbons (Fsp3) is 0.321. The van der Waals surface area contributed by atoms with Crippen LogP contribution in [0.25, 0.3) is 10.8 Å². The summed E-state index contributed by atoms with van der Waals surface area (Å²) in [6.45, 7) is 4.09. The van der Waals surface area contributed by atoms with E-state index in [1.54, 1.807) is 11.8 Å². The fourth-order valence-corrected chi connectivity index (χ4v) is 4.31. The lowest BCUT2D eigenvalue weighted by Crippen LogP contribution is -2.34. The minimum Gasteiger partial charge on any atom is -0.490 e. The van der Waals surface area contributed by atoms with Crippen LogP contribution < -0.4 is 20.7 Å². The number of benzene rings is 3. The van der Waals surface area contributed by atoms with E-state index < -0.39 is 5.97 Å². The van der Waals surface area contributed by atoms with Crippen LogP contribution in [-0.4, -0.2) is 43.5 Å². The molecule has 0 radical (unpaired) electrons. The van der Waals surface area contributed by atoms with E-state index in [-0.39, 0.29) is 37.4 Å². The smallest absolute Gasteiger partial charge is 0.315 e. The van der Waals surface area contributed by atoms with Crippen molar-refractivity contribution in [3.05, 3.63) is 71.8 Å². The third kappa shape index (κ3) is 6.40. The van der Waals surface area contributed by atoms with Gasteiger partial charge in [-0.1, -0.05) is 24.3 Å². The van der Waals surface area contributed by atoms with Crippen molar-refractivity contribution in [2.24, 2.45) is 5.73 Å². The molecule has 1 heterocycles. The average Bonchev–Trinajstić information content (AvgIpc) is 2.88. The first-order valence-electron chi connectivity index (χ1n) is 12.2. The number of nitrogens with zero attached hydrogens (tertiary/aromatic N) is 1. The highest BCUT2D eigenvalue weighted by molar-refractivity contribution is 6.03. The van der Waals surface area contributed by atoms with Gasteiger partial charge in [0, 0.05) is 11.3 Å². The van der Waals surface area contributed by atoms with E-state index in [1.165, 1.54) is 0 Å². The average molecular weight is 489 g/mol. The number of carbonyl (C=O) groups excluding carboxylic acids is 2. The van der Waals surface area contributed by atoms with E-state index in [0.29, 0.717) is 11.3 Å². The lowest BCUT2D eigenvalue weighted by molar-refractivity contribution is -0.145. The number of hydrogen-bond donors (Lipinski definition) is 3. The lowest BCUT2D eigenvalue weighted by atomic mass is 10.0. The molecule has 1 saturated heterocycles. The number of anilines is 1. The summed E-state index contributed by atoms with van der Waals surface area (Å²) in [5.41, 5.74) is 7.84. The Bertz CT molecular complexity index is 1240. The molecule has 0 aliphatic carbocycles. The molecule has 0 unspecified atom stereocenters. The molecule has 188 valence electrons. The second-order valence-electron chi connectivity index (χ2n) is 8.83. The van der Waals surface area contributed by atoms with Crippen LogP contribution in [0.15, 0.2) is 60.7 Å². The molecule has 1 aliphatic rings. The second kappa shape index (κ2) is 11.7. The Kier molecular flexibility index (Phi) is 8.17. The maximum absolute atomic E-state index is 13.2. The lowest BCUT2D eigenvalue weighted by Gasteiger charge is -2.25. The van der Waals surface area contributed by atoms with Gasteiger partial charge in [-0.25, -0.2) is 0 Å². The molecule has 4 rings (SSSR count). The molecule has 0 aromatic heterocycles. The number of rotatable bonds is 9. The van der Waals surface area contributed by atoms with Crippen LogP contribution in [0.3, 0.4) is 0 Å². The Morgan fingerprint density at radius 1 is 1.03 bits per heavy atom. The predicted molar refractivity (Wildman–Crippen MR) is 140 cm³/mol. The molecule has 1 fully saturated rings. The van der Waals surface area contributed by atoms with Crippen molar-refractivity contribution in [2.75, 3.05) is 24.6 Å². The molecule has 36 heavy (non-hydrogen) atoms. The first kappa shape index (κ1) is 25.2. The van der Waals surface area contributed by atoms with Crippen LogP contribution in [0.5, 0.6) is 5.75 Å². The number of nitrogens with one attached hydrogen (secondary N) is 2. The summed E-state index contributed by atoms with van der Waals surface area (Å²) in [7, 11) is 0. The van der Waals surface area contributed by atoms with Crippen molar-refractivity contribution in [3.63, 3.8) is 0 Å². The summed E-state index contributed by atoms with van der Waals surface area (Å²) in [6, 6.07) is 18.9. The van der Waals surface area contributed by atoms with Crippen LogP contribution in [0.1, 0.15) is 37.3 Å². The molecule has 1 aliphatic heterocycles. The minimum absolute atomic E-state index is 0.000317. The zero-order chi connectivity index (χ0) is 25.5. The molecule has 8 nitrogen and oxygen atoms in total. The molecule has 0 atom stereocenters. The van der Waals surface area contributed by atoms with Crippen molar-refractivity contribution < 1.29 is 19.1 Å². The van der Waals surface area contributed by atoms with Crippen molar-refractivity contribution in [2.45, 2.75) is 38.8 Å². The first-order chi connectivity index (χ1) is 17.4. The second-order valence-corrected chi connectivity index (χ2v) is 8.83. The fourth-order valence-electron chi connectivity index (χ4n) is 4.31. The van der Waals surface area contributed by atoms with Crippen molar-refractivity contribution in [3.8, 4) is 5.75 Å². The van der Waals surface area contributed by atoms with Crippen LogP contribution in [-0.2, 0) is 20.9 Å². The maximum Gasteiger partial charge on any atom is 0.315 e. The predicted octanol–water partition coefficient (Wildman–Crippen LogP) is 3.74. The van der Waals surface area contributed by atoms with Gasteiger partial charge in [-0.3, -0.25) is 15.0 Å². The number of carbonyl (C=O) groups is 2. The Hall–Kier alpha value is -3.91. The number of amidine groups is 1. The van der Waals surface area contributed by atoms with Crippen molar-refractivity contribution in [1.82, 2.24) is 5.32 Å². The van der Waals surface area contributed by atoms with Crippen molar-refractivity contribution in [1.29, 1.82) is 5.41 Å². The molecular weight excluding hydrogens is 456 g/mol. The van der Waals surface area contributed by atoms with E-state index in [0.717, 1.165) is 48.0 Å². The molecule has 3 aromatic rings. The molecule has 0 saturated carbocycles. The first-order valence-corrected chi connectivity index (χ1v) is 12.2. The third-order valence-corrected chi connectivity index (χ3v) is 6.20. The minimum atomic E-state index is -0.553. The number of ether oxygens (including phenoxy) is 2. The summed E-state index contributed by atoms with van der Waals surface area (Å²) in [6.07, 6.45) is 1.75. The third-order valence-electron chi connectivity index (χ3n) is 6.20. The normalized spacial score (nSPS) is 13.8. The zero-order valence-corrected chi connectivity index (χ0v) is 20.5. The number of esters is 1. The highest BCUT2D eigenvalue weighted by Crippen LogP contribution is 2.26. The summed E-state index contributed by atoms with van der Waals surface area (Å²) >= 11 is 0. The van der Waals surface area contributed by atoms with Crippen LogP contribution >= 0.6 is 0 Å². The largest absolute Gasteiger partial charge is 0.490 e. The molecule has 0 bridgehead atoms. The van der Waals surface area contributed by atoms with Gasteiger partial charge in [0.05, 0.1) is 13.2 Å². The summed E-state index contributed by atoms with van der Waals surface area (Å²) in [4.78, 5) is 26.8. The van der Waals surface area contributed by atoms with Gasteiger partial charge in [-0.15, -0.1) is 0 Å². The van der Waals surface area contributed by atoms with Gasteiger partial charge in [-0.05, 0) is 85.6 Å². The van der Waals surface area contributed by atoms with Gasteiger partial charge >= 0.3 is 5.97 Å². The summed E-state index contributed by atoms with van der Waals surface area (Å²) in [5.74, 6) is -0.146. The van der Waals surface area contributed by atoms with E-state index in [4.69, 9.17) is 20.6 Å². The van der Waals surface area contributed by atoms with Crippen LogP contribution in [0, 0.1) is 5.41 Å². The van der Waals surface area contributed by atoms with Crippen LogP contribution in [0.4, 0.5) is 5.69 Å². The molecule has 8 heteroatoms. The van der Waals surface area contributed by atoms with E-state index >= 15 is 0 Å². The number of hydrogen-bond acceptors (Lipinski definition) is 6. The van der Waals surface area contributed by atoms with E-state index in [9.17, 15) is 9.59 Å². The summed E-state index contributed by atoms with van der Waals surface area (Å²) in [5, 5.41) is 13.0. The molecule has 0 spiro atoms.